The van der Waals surface area contributed by atoms with Gasteiger partial charge in [-0.1, -0.05) is 71.2 Å². The molecule has 3 rings (SSSR count). The first kappa shape index (κ1) is 28.5. The zero-order valence-electron chi connectivity index (χ0n) is 20.8. The Kier molecular flexibility index (Phi) is 9.59. The van der Waals surface area contributed by atoms with Gasteiger partial charge in [-0.25, -0.2) is 8.42 Å². The van der Waals surface area contributed by atoms with E-state index >= 15 is 0 Å². The summed E-state index contributed by atoms with van der Waals surface area (Å²) in [5, 5.41) is 3.10. The van der Waals surface area contributed by atoms with Crippen molar-refractivity contribution in [3.05, 3.63) is 94.0 Å². The van der Waals surface area contributed by atoms with Crippen molar-refractivity contribution < 1.29 is 18.0 Å². The third-order valence-electron chi connectivity index (χ3n) is 5.78. The number of hydrogen-bond acceptors (Lipinski definition) is 4. The van der Waals surface area contributed by atoms with Crippen LogP contribution in [0.1, 0.15) is 25.0 Å². The molecular formula is C27H29Cl2N3O4S. The summed E-state index contributed by atoms with van der Waals surface area (Å²) in [5.41, 5.74) is 1.91. The molecule has 37 heavy (non-hydrogen) atoms. The van der Waals surface area contributed by atoms with Gasteiger partial charge >= 0.3 is 0 Å². The van der Waals surface area contributed by atoms with E-state index in [4.69, 9.17) is 23.2 Å². The number of anilines is 1. The molecule has 0 spiro atoms. The van der Waals surface area contributed by atoms with Crippen LogP contribution in [0.2, 0.25) is 10.0 Å². The quantitative estimate of drug-likeness (QED) is 0.375. The van der Waals surface area contributed by atoms with Crippen LogP contribution in [-0.4, -0.2) is 44.3 Å². The molecule has 0 radical (unpaired) electrons. The maximum Gasteiger partial charge on any atom is 0.264 e. The Balaban J connectivity index is 2.05. The number of carbonyl (C=O) groups is 2. The number of likely N-dealkylation sites (N-methyl/N-ethyl adjacent to an activating group) is 1. The number of sulfonamides is 1. The summed E-state index contributed by atoms with van der Waals surface area (Å²) in [4.78, 5) is 27.9. The summed E-state index contributed by atoms with van der Waals surface area (Å²) in [6.07, 6.45) is 0. The molecule has 1 N–H and O–H groups in total. The Labute approximate surface area is 228 Å². The number of nitrogens with zero attached hydrogens (tertiary/aromatic N) is 2. The van der Waals surface area contributed by atoms with Crippen molar-refractivity contribution in [1.29, 1.82) is 0 Å². The highest BCUT2D eigenvalue weighted by Gasteiger charge is 2.33. The summed E-state index contributed by atoms with van der Waals surface area (Å²) in [6, 6.07) is 18.8. The molecule has 7 nitrogen and oxygen atoms in total. The first-order chi connectivity index (χ1) is 17.5. The molecule has 0 aromatic heterocycles. The largest absolute Gasteiger partial charge is 0.355 e. The maximum atomic E-state index is 13.8. The Bertz CT molecular complexity index is 1350. The number of rotatable bonds is 10. The van der Waals surface area contributed by atoms with E-state index in [9.17, 15) is 18.0 Å². The average Bonchev–Trinajstić information content (AvgIpc) is 2.88. The molecule has 0 bridgehead atoms. The van der Waals surface area contributed by atoms with Gasteiger partial charge in [0.1, 0.15) is 12.6 Å². The fourth-order valence-electron chi connectivity index (χ4n) is 3.70. The second kappa shape index (κ2) is 12.4. The van der Waals surface area contributed by atoms with Gasteiger partial charge in [0.05, 0.1) is 15.6 Å². The molecule has 3 aromatic carbocycles. The van der Waals surface area contributed by atoms with Gasteiger partial charge < -0.3 is 10.2 Å². The lowest BCUT2D eigenvalue weighted by Gasteiger charge is -2.32. The summed E-state index contributed by atoms with van der Waals surface area (Å²) in [5.74, 6) is -0.920. The molecule has 0 heterocycles. The minimum absolute atomic E-state index is 0.0132. The molecule has 0 fully saturated rings. The number of halogens is 2. The van der Waals surface area contributed by atoms with Crippen LogP contribution in [0.3, 0.4) is 0 Å². The fraction of sp³-hybridized carbons (Fsp3) is 0.259. The van der Waals surface area contributed by atoms with E-state index in [2.05, 4.69) is 5.32 Å². The molecule has 0 unspecified atom stereocenters. The van der Waals surface area contributed by atoms with Crippen molar-refractivity contribution in [1.82, 2.24) is 10.2 Å². The van der Waals surface area contributed by atoms with Crippen molar-refractivity contribution in [2.45, 2.75) is 38.3 Å². The third-order valence-corrected chi connectivity index (χ3v) is 8.11. The SMILES string of the molecule is CCNC(=O)[C@@H](C)N(Cc1ccc(C)cc1)C(=O)CN(c1cc(Cl)ccc1Cl)S(=O)(=O)c1ccccc1. The second-order valence-electron chi connectivity index (χ2n) is 8.50. The molecule has 1 atom stereocenters. The zero-order chi connectivity index (χ0) is 27.2. The van der Waals surface area contributed by atoms with E-state index in [1.54, 1.807) is 32.0 Å². The monoisotopic (exact) mass is 561 g/mol. The maximum absolute atomic E-state index is 13.8. The van der Waals surface area contributed by atoms with Crippen LogP contribution in [0.5, 0.6) is 0 Å². The standard InChI is InChI=1S/C27H29Cl2N3O4S/c1-4-30-27(34)20(3)31(17-21-12-10-19(2)11-13-21)26(33)18-32(25-16-22(28)14-15-24(25)29)37(35,36)23-8-6-5-7-9-23/h5-16,20H,4,17-18H2,1-3H3,(H,30,34)/t20-/m1/s1. The highest BCUT2D eigenvalue weighted by Crippen LogP contribution is 2.33. The van der Waals surface area contributed by atoms with Gasteiger partial charge in [0.2, 0.25) is 11.8 Å². The Morgan fingerprint density at radius 1 is 0.973 bits per heavy atom. The topological polar surface area (TPSA) is 86.8 Å². The molecule has 3 aromatic rings. The van der Waals surface area contributed by atoms with Crippen LogP contribution in [0.4, 0.5) is 5.69 Å². The van der Waals surface area contributed by atoms with Crippen molar-refractivity contribution >= 4 is 50.7 Å². The van der Waals surface area contributed by atoms with Crippen molar-refractivity contribution in [2.24, 2.45) is 0 Å². The number of amides is 2. The molecule has 0 aliphatic heterocycles. The molecule has 0 aliphatic rings. The van der Waals surface area contributed by atoms with Crippen molar-refractivity contribution in [3.63, 3.8) is 0 Å². The molecule has 10 heteroatoms. The molecular weight excluding hydrogens is 533 g/mol. The van der Waals surface area contributed by atoms with E-state index in [1.165, 1.54) is 35.2 Å². The highest BCUT2D eigenvalue weighted by molar-refractivity contribution is 7.92. The molecule has 2 amide bonds. The van der Waals surface area contributed by atoms with Crippen LogP contribution in [0, 0.1) is 6.92 Å². The lowest BCUT2D eigenvalue weighted by atomic mass is 10.1. The lowest BCUT2D eigenvalue weighted by molar-refractivity contribution is -0.139. The van der Waals surface area contributed by atoms with E-state index in [1.807, 2.05) is 31.2 Å². The minimum atomic E-state index is -4.21. The first-order valence-corrected chi connectivity index (χ1v) is 13.9. The number of benzene rings is 3. The second-order valence-corrected chi connectivity index (χ2v) is 11.2. The van der Waals surface area contributed by atoms with Gasteiger partial charge in [-0.15, -0.1) is 0 Å². The number of hydrogen-bond donors (Lipinski definition) is 1. The van der Waals surface area contributed by atoms with Crippen LogP contribution in [0.25, 0.3) is 0 Å². The normalized spacial score (nSPS) is 12.0. The van der Waals surface area contributed by atoms with E-state index in [0.29, 0.717) is 6.54 Å². The molecule has 0 saturated heterocycles. The van der Waals surface area contributed by atoms with Crippen LogP contribution >= 0.6 is 23.2 Å². The summed E-state index contributed by atoms with van der Waals surface area (Å²) >= 11 is 12.6. The fourth-order valence-corrected chi connectivity index (χ4v) is 5.59. The van der Waals surface area contributed by atoms with Gasteiger partial charge in [0.15, 0.2) is 0 Å². The molecule has 196 valence electrons. The van der Waals surface area contributed by atoms with Gasteiger partial charge in [-0.3, -0.25) is 13.9 Å². The summed E-state index contributed by atoms with van der Waals surface area (Å²) < 4.78 is 28.4. The van der Waals surface area contributed by atoms with Crippen LogP contribution < -0.4 is 9.62 Å². The Morgan fingerprint density at radius 3 is 2.24 bits per heavy atom. The Morgan fingerprint density at radius 2 is 1.62 bits per heavy atom. The molecule has 0 saturated carbocycles. The zero-order valence-corrected chi connectivity index (χ0v) is 23.1. The minimum Gasteiger partial charge on any atom is -0.355 e. The lowest BCUT2D eigenvalue weighted by Crippen LogP contribution is -2.51. The van der Waals surface area contributed by atoms with Gasteiger partial charge in [0, 0.05) is 18.1 Å². The highest BCUT2D eigenvalue weighted by atomic mass is 35.5. The van der Waals surface area contributed by atoms with Crippen LogP contribution in [-0.2, 0) is 26.2 Å². The third kappa shape index (κ3) is 7.03. The predicted octanol–water partition coefficient (Wildman–Crippen LogP) is 5.05. The van der Waals surface area contributed by atoms with Crippen LogP contribution in [0.15, 0.2) is 77.7 Å². The number of aryl methyl sites for hydroxylation is 1. The van der Waals surface area contributed by atoms with E-state index in [-0.39, 0.29) is 33.1 Å². The average molecular weight is 563 g/mol. The van der Waals surface area contributed by atoms with Crippen molar-refractivity contribution in [2.75, 3.05) is 17.4 Å². The van der Waals surface area contributed by atoms with Crippen molar-refractivity contribution in [3.8, 4) is 0 Å². The van der Waals surface area contributed by atoms with Gasteiger partial charge in [-0.05, 0) is 56.7 Å². The Hall–Kier alpha value is -3.07. The molecule has 0 aliphatic carbocycles. The predicted molar refractivity (Wildman–Crippen MR) is 147 cm³/mol. The van der Waals surface area contributed by atoms with E-state index < -0.39 is 28.5 Å². The first-order valence-electron chi connectivity index (χ1n) is 11.7. The number of nitrogens with one attached hydrogen (secondary N) is 1. The number of carbonyl (C=O) groups excluding carboxylic acids is 2. The van der Waals surface area contributed by atoms with E-state index in [0.717, 1.165) is 15.4 Å². The summed E-state index contributed by atoms with van der Waals surface area (Å²) in [6.45, 7) is 5.26. The smallest absolute Gasteiger partial charge is 0.264 e. The summed E-state index contributed by atoms with van der Waals surface area (Å²) in [7, 11) is -4.21. The van der Waals surface area contributed by atoms with Gasteiger partial charge in [0.25, 0.3) is 10.0 Å². The van der Waals surface area contributed by atoms with Gasteiger partial charge in [-0.2, -0.15) is 0 Å².